The molecule has 9 atom stereocenters. The second-order valence-electron chi connectivity index (χ2n) is 15.4. The summed E-state index contributed by atoms with van der Waals surface area (Å²) in [7, 11) is 0. The van der Waals surface area contributed by atoms with Crippen molar-refractivity contribution in [1.82, 2.24) is 5.32 Å². The molecule has 1 rings (SSSR count). The fourth-order valence-electron chi connectivity index (χ4n) is 6.79. The molecule has 1 fully saturated rings. The summed E-state index contributed by atoms with van der Waals surface area (Å²) in [6.45, 7) is 3.28. The van der Waals surface area contributed by atoms with Gasteiger partial charge in [0.05, 0.1) is 25.4 Å². The van der Waals surface area contributed by atoms with E-state index in [2.05, 4.69) is 37.4 Å². The molecule has 0 aromatic heterocycles. The zero-order valence-corrected chi connectivity index (χ0v) is 34.0. The average Bonchev–Trinajstić information content (AvgIpc) is 3.17. The molecule has 1 aliphatic heterocycles. The molecule has 318 valence electrons. The molecule has 0 bridgehead atoms. The maximum Gasteiger partial charge on any atom is 0.249 e. The van der Waals surface area contributed by atoms with Gasteiger partial charge in [-0.3, -0.25) is 4.79 Å². The maximum atomic E-state index is 13.0. The van der Waals surface area contributed by atoms with E-state index in [9.17, 15) is 40.5 Å². The number of aliphatic hydroxyl groups excluding tert-OH is 7. The minimum atomic E-state index is -1.66. The molecule has 11 heteroatoms. The van der Waals surface area contributed by atoms with E-state index >= 15 is 0 Å². The van der Waals surface area contributed by atoms with E-state index in [1.54, 1.807) is 0 Å². The van der Waals surface area contributed by atoms with Crippen molar-refractivity contribution in [3.8, 4) is 0 Å². The van der Waals surface area contributed by atoms with Gasteiger partial charge in [-0.2, -0.15) is 0 Å². The maximum absolute atomic E-state index is 13.0. The number of allylic oxidation sites excluding steroid dienone is 4. The van der Waals surface area contributed by atoms with Gasteiger partial charge in [0.15, 0.2) is 6.29 Å². The summed E-state index contributed by atoms with van der Waals surface area (Å²) in [4.78, 5) is 13.0. The largest absolute Gasteiger partial charge is 0.394 e. The molecule has 1 aliphatic rings. The molecule has 0 aromatic carbocycles. The summed E-state index contributed by atoms with van der Waals surface area (Å²) >= 11 is 0. The lowest BCUT2D eigenvalue weighted by Crippen LogP contribution is -2.60. The fraction of sp³-hybridized carbons (Fsp3) is 0.884. The van der Waals surface area contributed by atoms with Gasteiger partial charge in [-0.1, -0.05) is 141 Å². The summed E-state index contributed by atoms with van der Waals surface area (Å²) in [5, 5.41) is 75.0. The number of ether oxygens (including phenoxy) is 2. The predicted octanol–water partition coefficient (Wildman–Crippen LogP) is 6.28. The standard InChI is InChI=1S/C43H81NO10/c1-3-5-7-9-11-12-13-14-15-16-17-18-19-20-21-22-23-24-25-27-29-31-36(47)42(52)44-34(38(48)35(46)30-28-26-10-8-6-4-2)33-53-43-41(51)40(50)39(49)37(32-45)54-43/h8,10,19-20,34-41,43,45-51H,3-7,9,11-18,21-33H2,1-2H3,(H,44,52)/b10-8+,20-19-. The highest BCUT2D eigenvalue weighted by Crippen LogP contribution is 2.23. The molecule has 54 heavy (non-hydrogen) atoms. The van der Waals surface area contributed by atoms with Crippen molar-refractivity contribution in [2.24, 2.45) is 0 Å². The van der Waals surface area contributed by atoms with Gasteiger partial charge >= 0.3 is 0 Å². The van der Waals surface area contributed by atoms with E-state index in [-0.39, 0.29) is 12.8 Å². The van der Waals surface area contributed by atoms with Crippen LogP contribution in [0.15, 0.2) is 24.3 Å². The molecular formula is C43H81NO10. The van der Waals surface area contributed by atoms with E-state index in [0.29, 0.717) is 12.8 Å². The van der Waals surface area contributed by atoms with Crippen LogP contribution in [0.25, 0.3) is 0 Å². The van der Waals surface area contributed by atoms with Crippen LogP contribution >= 0.6 is 0 Å². The Morgan fingerprint density at radius 1 is 0.630 bits per heavy atom. The molecule has 1 saturated heterocycles. The molecule has 1 amide bonds. The smallest absolute Gasteiger partial charge is 0.249 e. The highest BCUT2D eigenvalue weighted by molar-refractivity contribution is 5.80. The molecule has 8 N–H and O–H groups in total. The summed E-state index contributed by atoms with van der Waals surface area (Å²) in [6.07, 6.45) is 24.3. The van der Waals surface area contributed by atoms with E-state index in [4.69, 9.17) is 9.47 Å². The highest BCUT2D eigenvalue weighted by atomic mass is 16.7. The summed E-state index contributed by atoms with van der Waals surface area (Å²) in [5.74, 6) is -0.717. The van der Waals surface area contributed by atoms with E-state index < -0.39 is 74.2 Å². The Morgan fingerprint density at radius 2 is 1.13 bits per heavy atom. The molecular weight excluding hydrogens is 690 g/mol. The van der Waals surface area contributed by atoms with Gasteiger partial charge in [0, 0.05) is 0 Å². The Labute approximate surface area is 327 Å². The Morgan fingerprint density at radius 3 is 1.67 bits per heavy atom. The van der Waals surface area contributed by atoms with Crippen LogP contribution in [0, 0.1) is 0 Å². The minimum absolute atomic E-state index is 0.247. The first kappa shape index (κ1) is 50.6. The summed E-state index contributed by atoms with van der Waals surface area (Å²) in [5.41, 5.74) is 0. The number of unbranched alkanes of at least 4 members (excludes halogenated alkanes) is 19. The number of rotatable bonds is 35. The SMILES string of the molecule is CCC/C=C/CCCC(O)C(O)C(COC1OC(CO)C(O)C(O)C1O)NC(=O)C(O)CCCCCCCC/C=C\CCCCCCCCCCCCC. The van der Waals surface area contributed by atoms with Crippen LogP contribution < -0.4 is 5.32 Å². The number of aliphatic hydroxyl groups is 7. The molecule has 0 radical (unpaired) electrons. The van der Waals surface area contributed by atoms with Crippen LogP contribution in [0.3, 0.4) is 0 Å². The number of carbonyl (C=O) groups excluding carboxylic acids is 1. The third kappa shape index (κ3) is 23.6. The lowest BCUT2D eigenvalue weighted by atomic mass is 9.98. The first-order valence-corrected chi connectivity index (χ1v) is 21.7. The molecule has 0 saturated carbocycles. The van der Waals surface area contributed by atoms with Gasteiger partial charge < -0.3 is 50.5 Å². The Bertz CT molecular complexity index is 934. The molecule has 0 aromatic rings. The quantitative estimate of drug-likeness (QED) is 0.0269. The van der Waals surface area contributed by atoms with Crippen LogP contribution in [0.4, 0.5) is 0 Å². The average molecular weight is 772 g/mol. The first-order chi connectivity index (χ1) is 26.2. The summed E-state index contributed by atoms with van der Waals surface area (Å²) < 4.78 is 11.0. The Balaban J connectivity index is 2.35. The van der Waals surface area contributed by atoms with Crippen molar-refractivity contribution in [2.45, 2.75) is 229 Å². The molecule has 1 heterocycles. The van der Waals surface area contributed by atoms with Crippen molar-refractivity contribution in [1.29, 1.82) is 0 Å². The Kier molecular flexibility index (Phi) is 31.6. The number of hydrogen-bond acceptors (Lipinski definition) is 10. The van der Waals surface area contributed by atoms with Gasteiger partial charge in [0.1, 0.15) is 36.6 Å². The van der Waals surface area contributed by atoms with Gasteiger partial charge in [-0.25, -0.2) is 0 Å². The van der Waals surface area contributed by atoms with E-state index in [1.165, 1.54) is 77.0 Å². The van der Waals surface area contributed by atoms with Crippen molar-refractivity contribution >= 4 is 5.91 Å². The van der Waals surface area contributed by atoms with Crippen LogP contribution in [-0.2, 0) is 14.3 Å². The van der Waals surface area contributed by atoms with Gasteiger partial charge in [0.25, 0.3) is 0 Å². The number of nitrogens with one attached hydrogen (secondary N) is 1. The van der Waals surface area contributed by atoms with E-state index in [1.807, 2.05) is 6.08 Å². The summed E-state index contributed by atoms with van der Waals surface area (Å²) in [6, 6.07) is -1.18. The zero-order chi connectivity index (χ0) is 39.8. The van der Waals surface area contributed by atoms with Crippen molar-refractivity contribution < 1.29 is 50.0 Å². The second-order valence-corrected chi connectivity index (χ2v) is 15.4. The normalized spacial score (nSPS) is 22.9. The lowest BCUT2D eigenvalue weighted by molar-refractivity contribution is -0.303. The van der Waals surface area contributed by atoms with Crippen LogP contribution in [0.2, 0.25) is 0 Å². The zero-order valence-electron chi connectivity index (χ0n) is 34.0. The molecule has 0 spiro atoms. The van der Waals surface area contributed by atoms with Gasteiger partial charge in [0.2, 0.25) is 5.91 Å². The molecule has 11 nitrogen and oxygen atoms in total. The second kappa shape index (κ2) is 33.7. The highest BCUT2D eigenvalue weighted by Gasteiger charge is 2.44. The molecule has 9 unspecified atom stereocenters. The van der Waals surface area contributed by atoms with Gasteiger partial charge in [-0.15, -0.1) is 0 Å². The third-order valence-electron chi connectivity index (χ3n) is 10.5. The first-order valence-electron chi connectivity index (χ1n) is 21.7. The lowest BCUT2D eigenvalue weighted by Gasteiger charge is -2.40. The van der Waals surface area contributed by atoms with Gasteiger partial charge in [-0.05, 0) is 57.8 Å². The number of carbonyl (C=O) groups is 1. The monoisotopic (exact) mass is 772 g/mol. The number of amides is 1. The van der Waals surface area contributed by atoms with Crippen LogP contribution in [-0.4, -0.2) is 110 Å². The number of hydrogen-bond donors (Lipinski definition) is 8. The van der Waals surface area contributed by atoms with Crippen LogP contribution in [0.1, 0.15) is 174 Å². The third-order valence-corrected chi connectivity index (χ3v) is 10.5. The fourth-order valence-corrected chi connectivity index (χ4v) is 6.79. The van der Waals surface area contributed by atoms with Crippen LogP contribution in [0.5, 0.6) is 0 Å². The minimum Gasteiger partial charge on any atom is -0.394 e. The topological polar surface area (TPSA) is 189 Å². The van der Waals surface area contributed by atoms with Crippen molar-refractivity contribution in [2.75, 3.05) is 13.2 Å². The molecule has 0 aliphatic carbocycles. The van der Waals surface area contributed by atoms with Crippen molar-refractivity contribution in [3.05, 3.63) is 24.3 Å². The van der Waals surface area contributed by atoms with Crippen molar-refractivity contribution in [3.63, 3.8) is 0 Å². The van der Waals surface area contributed by atoms with E-state index in [0.717, 1.165) is 57.8 Å². The predicted molar refractivity (Wildman–Crippen MR) is 215 cm³/mol. The Hall–Kier alpha value is -1.41.